The van der Waals surface area contributed by atoms with Crippen LogP contribution in [-0.2, 0) is 4.89 Å². The molecule has 0 aromatic rings. The maximum Gasteiger partial charge on any atom is 0.116 e. The second-order valence-corrected chi connectivity index (χ2v) is 14.3. The highest BCUT2D eigenvalue weighted by Gasteiger charge is 2.67. The third kappa shape index (κ3) is 3.69. The lowest BCUT2D eigenvalue weighted by Crippen LogP contribution is -2.58. The molecular formula is C30H50O4. The highest BCUT2D eigenvalue weighted by Crippen LogP contribution is 2.73. The van der Waals surface area contributed by atoms with Crippen LogP contribution in [0.3, 0.4) is 0 Å². The molecule has 3 N–H and O–H groups in total. The molecule has 0 saturated heterocycles. The first-order valence-corrected chi connectivity index (χ1v) is 13.7. The largest absolute Gasteiger partial charge is 0.393 e. The summed E-state index contributed by atoms with van der Waals surface area (Å²) >= 11 is 0. The lowest BCUT2D eigenvalue weighted by atomic mass is 9.41. The standard InChI is InChI=1S/C30H50O4/c1-19(10-9-15-26(2,3)34-33)25-22(31)18-30(8)21-11-12-23-27(4,5)24(32)14-16-28(23,6)20(21)13-17-29(25,30)7/h9,11,15,19-20,22-25,31-33H,10,12-14,16-18H2,1-8H3/b15-9+/t19?,20-,22-,23-,24-,25+,28+,29-,30+/m0/s1. The van der Waals surface area contributed by atoms with Crippen LogP contribution in [0.2, 0.25) is 0 Å². The average Bonchev–Trinajstić information content (AvgIpc) is 2.96. The Labute approximate surface area is 207 Å². The van der Waals surface area contributed by atoms with Gasteiger partial charge in [-0.3, -0.25) is 5.26 Å². The van der Waals surface area contributed by atoms with Gasteiger partial charge in [-0.15, -0.1) is 0 Å². The summed E-state index contributed by atoms with van der Waals surface area (Å²) in [7, 11) is 0. The Hall–Kier alpha value is -0.680. The number of allylic oxidation sites excluding steroid dienone is 3. The number of fused-ring (bicyclic) bond motifs is 5. The van der Waals surface area contributed by atoms with Gasteiger partial charge < -0.3 is 10.2 Å². The summed E-state index contributed by atoms with van der Waals surface area (Å²) in [6.07, 6.45) is 13.2. The van der Waals surface area contributed by atoms with E-state index in [-0.39, 0.29) is 39.8 Å². The van der Waals surface area contributed by atoms with Gasteiger partial charge in [0.25, 0.3) is 0 Å². The van der Waals surface area contributed by atoms with Crippen LogP contribution in [0, 0.1) is 45.3 Å². The molecule has 0 bridgehead atoms. The Morgan fingerprint density at radius 2 is 1.79 bits per heavy atom. The topological polar surface area (TPSA) is 69.9 Å². The molecule has 4 nitrogen and oxygen atoms in total. The highest BCUT2D eigenvalue weighted by molar-refractivity contribution is 5.34. The van der Waals surface area contributed by atoms with E-state index in [1.165, 1.54) is 6.42 Å². The molecule has 0 aromatic carbocycles. The van der Waals surface area contributed by atoms with E-state index in [9.17, 15) is 10.2 Å². The van der Waals surface area contributed by atoms with Crippen LogP contribution in [-0.4, -0.2) is 33.3 Å². The van der Waals surface area contributed by atoms with Crippen molar-refractivity contribution in [2.75, 3.05) is 0 Å². The SMILES string of the molecule is CC(C/C=C/C(C)(C)OO)[C@@H]1[C@@H](O)C[C@]2(C)C3=CC[C@H]4C(C)(C)[C@@H](O)CC[C@]4(C)[C@H]3CC[C@@]12C. The first kappa shape index (κ1) is 26.4. The molecule has 4 aliphatic carbocycles. The van der Waals surface area contributed by atoms with Crippen LogP contribution in [0.4, 0.5) is 0 Å². The average molecular weight is 475 g/mol. The van der Waals surface area contributed by atoms with Crippen molar-refractivity contribution >= 4 is 0 Å². The van der Waals surface area contributed by atoms with E-state index in [4.69, 9.17) is 5.26 Å². The van der Waals surface area contributed by atoms with Crippen LogP contribution in [0.25, 0.3) is 0 Å². The van der Waals surface area contributed by atoms with Crippen molar-refractivity contribution in [1.29, 1.82) is 0 Å². The van der Waals surface area contributed by atoms with Crippen molar-refractivity contribution in [3.63, 3.8) is 0 Å². The smallest absolute Gasteiger partial charge is 0.116 e. The van der Waals surface area contributed by atoms with Crippen LogP contribution in [0.1, 0.15) is 100 Å². The first-order valence-electron chi connectivity index (χ1n) is 13.7. The fraction of sp³-hybridized carbons (Fsp3) is 0.867. The van der Waals surface area contributed by atoms with Gasteiger partial charge in [-0.05, 0) is 104 Å². The van der Waals surface area contributed by atoms with Gasteiger partial charge in [-0.2, -0.15) is 0 Å². The number of hydrogen-bond donors (Lipinski definition) is 3. The van der Waals surface area contributed by atoms with Crippen LogP contribution >= 0.6 is 0 Å². The van der Waals surface area contributed by atoms with E-state index in [0.717, 1.165) is 38.5 Å². The van der Waals surface area contributed by atoms with Crippen molar-refractivity contribution in [2.24, 2.45) is 45.3 Å². The number of aliphatic hydroxyl groups is 2. The van der Waals surface area contributed by atoms with Gasteiger partial charge in [-0.1, -0.05) is 65.3 Å². The highest BCUT2D eigenvalue weighted by atomic mass is 17.1. The van der Waals surface area contributed by atoms with Gasteiger partial charge in [0, 0.05) is 0 Å². The van der Waals surface area contributed by atoms with Crippen molar-refractivity contribution in [3.05, 3.63) is 23.8 Å². The van der Waals surface area contributed by atoms with Crippen LogP contribution in [0.5, 0.6) is 0 Å². The molecule has 0 aliphatic heterocycles. The van der Waals surface area contributed by atoms with Crippen molar-refractivity contribution in [1.82, 2.24) is 0 Å². The number of aliphatic hydroxyl groups excluding tert-OH is 2. The van der Waals surface area contributed by atoms with Crippen LogP contribution in [0.15, 0.2) is 23.8 Å². The Morgan fingerprint density at radius 3 is 2.44 bits per heavy atom. The summed E-state index contributed by atoms with van der Waals surface area (Å²) in [5, 5.41) is 31.4. The molecule has 0 aromatic heterocycles. The predicted molar refractivity (Wildman–Crippen MR) is 137 cm³/mol. The van der Waals surface area contributed by atoms with E-state index in [1.807, 2.05) is 19.9 Å². The molecule has 1 unspecified atom stereocenters. The van der Waals surface area contributed by atoms with Crippen LogP contribution < -0.4 is 0 Å². The third-order valence-electron chi connectivity index (χ3n) is 11.7. The third-order valence-corrected chi connectivity index (χ3v) is 11.7. The zero-order valence-electron chi connectivity index (χ0n) is 22.9. The Bertz CT molecular complexity index is 843. The second-order valence-electron chi connectivity index (χ2n) is 14.3. The first-order chi connectivity index (χ1) is 15.6. The molecule has 4 aliphatic rings. The normalized spacial score (nSPS) is 47.0. The summed E-state index contributed by atoms with van der Waals surface area (Å²) in [5.74, 6) is 1.66. The Balaban J connectivity index is 1.64. The maximum absolute atomic E-state index is 11.5. The molecule has 3 saturated carbocycles. The molecular weight excluding hydrogens is 424 g/mol. The molecule has 9 atom stereocenters. The van der Waals surface area contributed by atoms with E-state index < -0.39 is 5.60 Å². The summed E-state index contributed by atoms with van der Waals surface area (Å²) in [4.78, 5) is 4.56. The quantitative estimate of drug-likeness (QED) is 0.233. The lowest BCUT2D eigenvalue weighted by Gasteiger charge is -2.64. The van der Waals surface area contributed by atoms with E-state index in [0.29, 0.717) is 17.8 Å². The molecule has 0 spiro atoms. The van der Waals surface area contributed by atoms with Crippen molar-refractivity contribution in [2.45, 2.75) is 118 Å². The minimum absolute atomic E-state index is 0.0135. The number of hydrogen-bond acceptors (Lipinski definition) is 4. The molecule has 34 heavy (non-hydrogen) atoms. The Kier molecular flexibility index (Phi) is 6.54. The van der Waals surface area contributed by atoms with Gasteiger partial charge in [0.2, 0.25) is 0 Å². The summed E-state index contributed by atoms with van der Waals surface area (Å²) in [6.45, 7) is 17.9. The van der Waals surface area contributed by atoms with Gasteiger partial charge in [-0.25, -0.2) is 4.89 Å². The van der Waals surface area contributed by atoms with Gasteiger partial charge >= 0.3 is 0 Å². The monoisotopic (exact) mass is 474 g/mol. The van der Waals surface area contributed by atoms with Gasteiger partial charge in [0.1, 0.15) is 5.60 Å². The molecule has 194 valence electrons. The zero-order valence-corrected chi connectivity index (χ0v) is 22.9. The molecule has 0 amide bonds. The minimum Gasteiger partial charge on any atom is -0.393 e. The lowest BCUT2D eigenvalue weighted by molar-refractivity contribution is -0.297. The summed E-state index contributed by atoms with van der Waals surface area (Å²) < 4.78 is 0. The summed E-state index contributed by atoms with van der Waals surface area (Å²) in [6, 6.07) is 0. The van der Waals surface area contributed by atoms with Gasteiger partial charge in [0.15, 0.2) is 0 Å². The molecule has 4 rings (SSSR count). The molecule has 3 fully saturated rings. The Morgan fingerprint density at radius 1 is 1.12 bits per heavy atom. The van der Waals surface area contributed by atoms with E-state index >= 15 is 0 Å². The van der Waals surface area contributed by atoms with E-state index in [1.54, 1.807) is 5.57 Å². The minimum atomic E-state index is -0.690. The fourth-order valence-electron chi connectivity index (χ4n) is 9.56. The maximum atomic E-state index is 11.5. The van der Waals surface area contributed by atoms with Crippen molar-refractivity contribution < 1.29 is 20.4 Å². The molecule has 0 heterocycles. The van der Waals surface area contributed by atoms with Gasteiger partial charge in [0.05, 0.1) is 12.2 Å². The molecule has 0 radical (unpaired) electrons. The second kappa shape index (κ2) is 8.43. The number of rotatable bonds is 5. The molecule has 4 heteroatoms. The summed E-state index contributed by atoms with van der Waals surface area (Å²) in [5.41, 5.74) is 1.18. The fourth-order valence-corrected chi connectivity index (χ4v) is 9.56. The van der Waals surface area contributed by atoms with Crippen molar-refractivity contribution in [3.8, 4) is 0 Å². The van der Waals surface area contributed by atoms with E-state index in [2.05, 4.69) is 58.6 Å². The zero-order chi connectivity index (χ0) is 25.3. The predicted octanol–water partition coefficient (Wildman–Crippen LogP) is 6.77.